The summed E-state index contributed by atoms with van der Waals surface area (Å²) in [5, 5.41) is 6.64. The molecule has 1 aromatic carbocycles. The van der Waals surface area contributed by atoms with Crippen molar-refractivity contribution in [3.8, 4) is 0 Å². The van der Waals surface area contributed by atoms with Gasteiger partial charge in [0.15, 0.2) is 0 Å². The van der Waals surface area contributed by atoms with E-state index in [1.165, 1.54) is 30.4 Å². The minimum Gasteiger partial charge on any atom is -0.354 e. The van der Waals surface area contributed by atoms with E-state index in [0.29, 0.717) is 18.4 Å². The Morgan fingerprint density at radius 3 is 2.86 bits per heavy atom. The van der Waals surface area contributed by atoms with Gasteiger partial charge in [0.05, 0.1) is 6.42 Å². The Morgan fingerprint density at radius 1 is 1.33 bits per heavy atom. The summed E-state index contributed by atoms with van der Waals surface area (Å²) in [6.45, 7) is 8.26. The van der Waals surface area contributed by atoms with Gasteiger partial charge in [-0.3, -0.25) is 4.79 Å². The molecule has 0 saturated carbocycles. The number of hydrogen-bond acceptors (Lipinski definition) is 2. The molecule has 0 bridgehead atoms. The molecule has 3 nitrogen and oxygen atoms in total. The molecule has 1 fully saturated rings. The average Bonchev–Trinajstić information content (AvgIpc) is 2.49. The van der Waals surface area contributed by atoms with E-state index in [1.807, 2.05) is 0 Å². The van der Waals surface area contributed by atoms with Gasteiger partial charge in [0.1, 0.15) is 0 Å². The van der Waals surface area contributed by atoms with E-state index >= 15 is 0 Å². The van der Waals surface area contributed by atoms with Gasteiger partial charge in [-0.25, -0.2) is 0 Å². The molecule has 1 aliphatic heterocycles. The smallest absolute Gasteiger partial charge is 0.224 e. The Bertz CT molecular complexity index is 484. The number of amides is 1. The zero-order valence-corrected chi connectivity index (χ0v) is 13.5. The van der Waals surface area contributed by atoms with E-state index in [-0.39, 0.29) is 5.91 Å². The van der Waals surface area contributed by atoms with Crippen LogP contribution in [-0.4, -0.2) is 25.0 Å². The van der Waals surface area contributed by atoms with Gasteiger partial charge in [0.2, 0.25) is 5.91 Å². The largest absolute Gasteiger partial charge is 0.354 e. The first kappa shape index (κ1) is 16.0. The maximum atomic E-state index is 12.1. The third-order valence-corrected chi connectivity index (χ3v) is 4.71. The molecular weight excluding hydrogens is 260 g/mol. The van der Waals surface area contributed by atoms with Crippen molar-refractivity contribution in [3.05, 3.63) is 34.9 Å². The van der Waals surface area contributed by atoms with Gasteiger partial charge in [0, 0.05) is 12.6 Å². The SMILES string of the molecule is CCC1CCCNC1CNC(=O)Cc1ccc(C)c(C)c1. The zero-order chi connectivity index (χ0) is 15.2. The molecule has 116 valence electrons. The molecule has 2 rings (SSSR count). The maximum absolute atomic E-state index is 12.1. The van der Waals surface area contributed by atoms with Crippen LogP contribution in [0.2, 0.25) is 0 Å². The quantitative estimate of drug-likeness (QED) is 0.874. The van der Waals surface area contributed by atoms with Crippen molar-refractivity contribution in [2.24, 2.45) is 5.92 Å². The van der Waals surface area contributed by atoms with Crippen molar-refractivity contribution in [1.29, 1.82) is 0 Å². The summed E-state index contributed by atoms with van der Waals surface area (Å²) in [5.74, 6) is 0.821. The second-order valence-corrected chi connectivity index (χ2v) is 6.27. The minimum absolute atomic E-state index is 0.125. The molecule has 0 aliphatic carbocycles. The number of nitrogens with one attached hydrogen (secondary N) is 2. The number of benzene rings is 1. The lowest BCUT2D eigenvalue weighted by molar-refractivity contribution is -0.120. The lowest BCUT2D eigenvalue weighted by Crippen LogP contribution is -2.48. The second-order valence-electron chi connectivity index (χ2n) is 6.27. The number of carbonyl (C=O) groups excluding carboxylic acids is 1. The maximum Gasteiger partial charge on any atom is 0.224 e. The van der Waals surface area contributed by atoms with Crippen LogP contribution in [0.25, 0.3) is 0 Å². The highest BCUT2D eigenvalue weighted by Crippen LogP contribution is 2.19. The highest BCUT2D eigenvalue weighted by Gasteiger charge is 2.23. The molecule has 2 unspecified atom stereocenters. The molecule has 21 heavy (non-hydrogen) atoms. The fourth-order valence-electron chi connectivity index (χ4n) is 3.13. The number of aryl methyl sites for hydroxylation is 2. The van der Waals surface area contributed by atoms with Crippen LogP contribution in [0.15, 0.2) is 18.2 Å². The van der Waals surface area contributed by atoms with E-state index in [1.54, 1.807) is 0 Å². The van der Waals surface area contributed by atoms with Gasteiger partial charge in [-0.15, -0.1) is 0 Å². The first-order valence-corrected chi connectivity index (χ1v) is 8.16. The van der Waals surface area contributed by atoms with Crippen LogP contribution in [0.1, 0.15) is 42.9 Å². The van der Waals surface area contributed by atoms with Gasteiger partial charge in [-0.1, -0.05) is 31.5 Å². The van der Waals surface area contributed by atoms with Gasteiger partial charge in [0.25, 0.3) is 0 Å². The summed E-state index contributed by atoms with van der Waals surface area (Å²) in [5.41, 5.74) is 3.62. The van der Waals surface area contributed by atoms with Crippen LogP contribution in [0.5, 0.6) is 0 Å². The highest BCUT2D eigenvalue weighted by atomic mass is 16.1. The van der Waals surface area contributed by atoms with E-state index in [0.717, 1.165) is 18.7 Å². The lowest BCUT2D eigenvalue weighted by atomic mass is 9.88. The van der Waals surface area contributed by atoms with E-state index in [9.17, 15) is 4.79 Å². The standard InChI is InChI=1S/C18H28N2O/c1-4-16-6-5-9-19-17(16)12-20-18(21)11-15-8-7-13(2)14(3)10-15/h7-8,10,16-17,19H,4-6,9,11-12H2,1-3H3,(H,20,21). The summed E-state index contributed by atoms with van der Waals surface area (Å²) in [7, 11) is 0. The molecule has 2 atom stereocenters. The third-order valence-electron chi connectivity index (χ3n) is 4.71. The minimum atomic E-state index is 0.125. The summed E-state index contributed by atoms with van der Waals surface area (Å²) < 4.78 is 0. The Hall–Kier alpha value is -1.35. The van der Waals surface area contributed by atoms with Crippen LogP contribution in [0, 0.1) is 19.8 Å². The van der Waals surface area contributed by atoms with Gasteiger partial charge >= 0.3 is 0 Å². The predicted molar refractivity (Wildman–Crippen MR) is 87.4 cm³/mol. The molecule has 1 aromatic rings. The molecule has 0 spiro atoms. The summed E-state index contributed by atoms with van der Waals surface area (Å²) in [6.07, 6.45) is 4.20. The fraction of sp³-hybridized carbons (Fsp3) is 0.611. The topological polar surface area (TPSA) is 41.1 Å². The second kappa shape index (κ2) is 7.60. The van der Waals surface area contributed by atoms with E-state index < -0.39 is 0 Å². The third kappa shape index (κ3) is 4.57. The van der Waals surface area contributed by atoms with Crippen molar-refractivity contribution in [3.63, 3.8) is 0 Å². The van der Waals surface area contributed by atoms with Gasteiger partial charge < -0.3 is 10.6 Å². The molecule has 1 aliphatic rings. The molecule has 1 saturated heterocycles. The van der Waals surface area contributed by atoms with Crippen molar-refractivity contribution in [2.45, 2.75) is 52.5 Å². The lowest BCUT2D eigenvalue weighted by Gasteiger charge is -2.32. The Kier molecular flexibility index (Phi) is 5.80. The fourth-order valence-corrected chi connectivity index (χ4v) is 3.13. The number of carbonyl (C=O) groups is 1. The molecule has 0 aromatic heterocycles. The van der Waals surface area contributed by atoms with Crippen molar-refractivity contribution in [2.75, 3.05) is 13.1 Å². The summed E-state index contributed by atoms with van der Waals surface area (Å²) in [4.78, 5) is 12.1. The number of piperidine rings is 1. The number of hydrogen-bond donors (Lipinski definition) is 2. The first-order valence-electron chi connectivity index (χ1n) is 8.16. The molecule has 0 radical (unpaired) electrons. The Balaban J connectivity index is 1.82. The van der Waals surface area contributed by atoms with Gasteiger partial charge in [-0.2, -0.15) is 0 Å². The summed E-state index contributed by atoms with van der Waals surface area (Å²) in [6, 6.07) is 6.69. The van der Waals surface area contributed by atoms with Crippen LogP contribution in [0.3, 0.4) is 0 Å². The number of rotatable bonds is 5. The molecule has 1 amide bonds. The first-order chi connectivity index (χ1) is 10.1. The molecular formula is C18H28N2O. The Morgan fingerprint density at radius 2 is 2.14 bits per heavy atom. The van der Waals surface area contributed by atoms with E-state index in [4.69, 9.17) is 0 Å². The molecule has 2 N–H and O–H groups in total. The molecule has 1 heterocycles. The Labute approximate surface area is 128 Å². The predicted octanol–water partition coefficient (Wildman–Crippen LogP) is 2.74. The van der Waals surface area contributed by atoms with Crippen LogP contribution in [0.4, 0.5) is 0 Å². The van der Waals surface area contributed by atoms with Crippen LogP contribution < -0.4 is 10.6 Å². The highest BCUT2D eigenvalue weighted by molar-refractivity contribution is 5.78. The van der Waals surface area contributed by atoms with Crippen LogP contribution in [-0.2, 0) is 11.2 Å². The van der Waals surface area contributed by atoms with Crippen molar-refractivity contribution in [1.82, 2.24) is 10.6 Å². The zero-order valence-electron chi connectivity index (χ0n) is 13.5. The summed E-state index contributed by atoms with van der Waals surface area (Å²) >= 11 is 0. The average molecular weight is 288 g/mol. The van der Waals surface area contributed by atoms with Gasteiger partial charge in [-0.05, 0) is 55.8 Å². The van der Waals surface area contributed by atoms with Crippen molar-refractivity contribution < 1.29 is 4.79 Å². The van der Waals surface area contributed by atoms with Crippen molar-refractivity contribution >= 4 is 5.91 Å². The van der Waals surface area contributed by atoms with E-state index in [2.05, 4.69) is 49.6 Å². The monoisotopic (exact) mass is 288 g/mol. The normalized spacial score (nSPS) is 22.0. The molecule has 3 heteroatoms. The van der Waals surface area contributed by atoms with Crippen LogP contribution >= 0.6 is 0 Å².